The molecule has 1 aromatic heterocycles. The Morgan fingerprint density at radius 3 is 2.20 bits per heavy atom. The molecule has 5 heteroatoms. The molecule has 0 fully saturated rings. The zero-order valence-electron chi connectivity index (χ0n) is 11.3. The van der Waals surface area contributed by atoms with Crippen LogP contribution in [0.3, 0.4) is 0 Å². The van der Waals surface area contributed by atoms with Crippen LogP contribution >= 0.6 is 0 Å². The normalized spacial score (nSPS) is 12.1. The van der Waals surface area contributed by atoms with Gasteiger partial charge in [-0.05, 0) is 12.5 Å². The van der Waals surface area contributed by atoms with Crippen LogP contribution in [0.5, 0.6) is 0 Å². The summed E-state index contributed by atoms with van der Waals surface area (Å²) >= 11 is 0. The molecule has 104 valence electrons. The predicted molar refractivity (Wildman–Crippen MR) is 74.4 cm³/mol. The highest BCUT2D eigenvalue weighted by molar-refractivity contribution is 6.00. The van der Waals surface area contributed by atoms with Gasteiger partial charge in [-0.25, -0.2) is 0 Å². The van der Waals surface area contributed by atoms with E-state index < -0.39 is 11.8 Å². The van der Waals surface area contributed by atoms with E-state index in [0.29, 0.717) is 11.3 Å². The number of rotatable bonds is 4. The average Bonchev–Trinajstić information content (AvgIpc) is 2.76. The van der Waals surface area contributed by atoms with E-state index in [-0.39, 0.29) is 17.2 Å². The molecule has 0 saturated heterocycles. The van der Waals surface area contributed by atoms with Gasteiger partial charge in [0.05, 0.1) is 5.56 Å². The molecule has 2 aromatic rings. The molecule has 1 heterocycles. The van der Waals surface area contributed by atoms with Gasteiger partial charge in [-0.1, -0.05) is 37.3 Å². The lowest BCUT2D eigenvalue weighted by Gasteiger charge is -2.10. The quantitative estimate of drug-likeness (QED) is 0.889. The van der Waals surface area contributed by atoms with Crippen molar-refractivity contribution in [1.29, 1.82) is 0 Å². The van der Waals surface area contributed by atoms with Crippen LogP contribution in [0.2, 0.25) is 0 Å². The molecule has 0 aliphatic heterocycles. The largest absolute Gasteiger partial charge is 0.454 e. The Morgan fingerprint density at radius 2 is 1.70 bits per heavy atom. The Kier molecular flexibility index (Phi) is 3.61. The van der Waals surface area contributed by atoms with Crippen LogP contribution in [0, 0.1) is 6.92 Å². The second-order valence-electron chi connectivity index (χ2n) is 4.66. The van der Waals surface area contributed by atoms with Gasteiger partial charge in [0.1, 0.15) is 5.76 Å². The molecule has 0 unspecified atom stereocenters. The Morgan fingerprint density at radius 1 is 1.10 bits per heavy atom. The van der Waals surface area contributed by atoms with Crippen molar-refractivity contribution in [3.63, 3.8) is 0 Å². The molecule has 0 aliphatic rings. The van der Waals surface area contributed by atoms with Gasteiger partial charge < -0.3 is 15.9 Å². The molecule has 2 rings (SSSR count). The minimum atomic E-state index is -0.712. The van der Waals surface area contributed by atoms with Crippen molar-refractivity contribution in [2.45, 2.75) is 19.8 Å². The highest BCUT2D eigenvalue weighted by Gasteiger charge is 2.27. The van der Waals surface area contributed by atoms with Crippen molar-refractivity contribution in [2.75, 3.05) is 0 Å². The number of primary amides is 2. The molecule has 0 saturated carbocycles. The molecule has 0 spiro atoms. The zero-order chi connectivity index (χ0) is 14.9. The average molecular weight is 272 g/mol. The second-order valence-corrected chi connectivity index (χ2v) is 4.66. The number of carbonyl (C=O) groups is 2. The molecule has 5 nitrogen and oxygen atoms in total. The number of furan rings is 1. The van der Waals surface area contributed by atoms with Gasteiger partial charge in [0.25, 0.3) is 11.8 Å². The molecular formula is C15H16N2O3. The fraction of sp³-hybridized carbons (Fsp3) is 0.200. The summed E-state index contributed by atoms with van der Waals surface area (Å²) in [5.74, 6) is -1.19. The summed E-state index contributed by atoms with van der Waals surface area (Å²) in [6, 6.07) is 9.50. The number of benzene rings is 1. The summed E-state index contributed by atoms with van der Waals surface area (Å²) in [7, 11) is 0. The Labute approximate surface area is 116 Å². The lowest BCUT2D eigenvalue weighted by molar-refractivity contribution is 0.0968. The van der Waals surface area contributed by atoms with Gasteiger partial charge in [0.2, 0.25) is 0 Å². The monoisotopic (exact) mass is 272 g/mol. The van der Waals surface area contributed by atoms with E-state index in [1.807, 2.05) is 37.3 Å². The summed E-state index contributed by atoms with van der Waals surface area (Å²) in [5, 5.41) is 0. The van der Waals surface area contributed by atoms with Crippen LogP contribution < -0.4 is 11.5 Å². The second kappa shape index (κ2) is 5.21. The summed E-state index contributed by atoms with van der Waals surface area (Å²) in [4.78, 5) is 23.0. The molecule has 4 N–H and O–H groups in total. The highest BCUT2D eigenvalue weighted by Crippen LogP contribution is 2.32. The van der Waals surface area contributed by atoms with Crippen molar-refractivity contribution in [1.82, 2.24) is 0 Å². The first-order chi connectivity index (χ1) is 9.43. The molecule has 0 bridgehead atoms. The Hall–Kier alpha value is -2.56. The number of amides is 2. The number of hydrogen-bond donors (Lipinski definition) is 2. The van der Waals surface area contributed by atoms with E-state index in [1.54, 1.807) is 6.92 Å². The molecule has 2 amide bonds. The minimum absolute atomic E-state index is 0.0171. The van der Waals surface area contributed by atoms with E-state index in [9.17, 15) is 9.59 Å². The standard InChI is InChI=1S/C15H16N2O3/c1-8(10-6-4-3-5-7-10)12-11(14(16)18)9(2)13(20-12)15(17)19/h3-8H,1-2H3,(H2,16,18)(H2,17,19)/t8-/m0/s1. The molecule has 0 aliphatic carbocycles. The van der Waals surface area contributed by atoms with E-state index in [1.165, 1.54) is 0 Å². The van der Waals surface area contributed by atoms with Gasteiger partial charge >= 0.3 is 0 Å². The van der Waals surface area contributed by atoms with Gasteiger partial charge in [-0.2, -0.15) is 0 Å². The SMILES string of the molecule is Cc1c(C(N)=O)oc([C@@H](C)c2ccccc2)c1C(N)=O. The minimum Gasteiger partial charge on any atom is -0.454 e. The van der Waals surface area contributed by atoms with Crippen molar-refractivity contribution >= 4 is 11.8 Å². The maximum Gasteiger partial charge on any atom is 0.284 e. The first kappa shape index (κ1) is 13.9. The van der Waals surface area contributed by atoms with Crippen LogP contribution in [0.15, 0.2) is 34.7 Å². The van der Waals surface area contributed by atoms with Crippen molar-refractivity contribution in [3.8, 4) is 0 Å². The van der Waals surface area contributed by atoms with Crippen molar-refractivity contribution in [3.05, 3.63) is 58.5 Å². The fourth-order valence-corrected chi connectivity index (χ4v) is 2.28. The zero-order valence-corrected chi connectivity index (χ0v) is 11.3. The first-order valence-electron chi connectivity index (χ1n) is 6.21. The summed E-state index contributed by atoms with van der Waals surface area (Å²) < 4.78 is 5.51. The van der Waals surface area contributed by atoms with Crippen molar-refractivity contribution < 1.29 is 14.0 Å². The maximum absolute atomic E-state index is 11.6. The topological polar surface area (TPSA) is 99.3 Å². The van der Waals surface area contributed by atoms with Crippen molar-refractivity contribution in [2.24, 2.45) is 11.5 Å². The van der Waals surface area contributed by atoms with Gasteiger partial charge in [-0.15, -0.1) is 0 Å². The van der Waals surface area contributed by atoms with E-state index >= 15 is 0 Å². The van der Waals surface area contributed by atoms with E-state index in [4.69, 9.17) is 15.9 Å². The molecule has 1 aromatic carbocycles. The summed E-state index contributed by atoms with van der Waals surface area (Å²) in [5.41, 5.74) is 12.2. The molecular weight excluding hydrogens is 256 g/mol. The Bertz CT molecular complexity index is 659. The predicted octanol–water partition coefficient (Wildman–Crippen LogP) is 1.94. The molecule has 0 radical (unpaired) electrons. The van der Waals surface area contributed by atoms with E-state index in [2.05, 4.69) is 0 Å². The smallest absolute Gasteiger partial charge is 0.284 e. The third-order valence-corrected chi connectivity index (χ3v) is 3.34. The van der Waals surface area contributed by atoms with Crippen LogP contribution in [-0.4, -0.2) is 11.8 Å². The van der Waals surface area contributed by atoms with Crippen LogP contribution in [-0.2, 0) is 0 Å². The highest BCUT2D eigenvalue weighted by atomic mass is 16.4. The molecule has 1 atom stereocenters. The third kappa shape index (κ3) is 2.30. The van der Waals surface area contributed by atoms with Crippen LogP contribution in [0.25, 0.3) is 0 Å². The first-order valence-corrected chi connectivity index (χ1v) is 6.21. The van der Waals surface area contributed by atoms with Crippen LogP contribution in [0.4, 0.5) is 0 Å². The number of nitrogens with two attached hydrogens (primary N) is 2. The number of carbonyl (C=O) groups excluding carboxylic acids is 2. The Balaban J connectivity index is 2.59. The fourth-order valence-electron chi connectivity index (χ4n) is 2.28. The van der Waals surface area contributed by atoms with E-state index in [0.717, 1.165) is 5.56 Å². The van der Waals surface area contributed by atoms with Crippen LogP contribution in [0.1, 0.15) is 50.6 Å². The summed E-state index contributed by atoms with van der Waals surface area (Å²) in [6.45, 7) is 3.48. The lowest BCUT2D eigenvalue weighted by atomic mass is 9.94. The summed E-state index contributed by atoms with van der Waals surface area (Å²) in [6.07, 6.45) is 0. The van der Waals surface area contributed by atoms with Gasteiger partial charge in [0, 0.05) is 11.5 Å². The number of hydrogen-bond acceptors (Lipinski definition) is 3. The molecule has 20 heavy (non-hydrogen) atoms. The van der Waals surface area contributed by atoms with Gasteiger partial charge in [0.15, 0.2) is 5.76 Å². The van der Waals surface area contributed by atoms with Gasteiger partial charge in [-0.3, -0.25) is 9.59 Å². The lowest BCUT2D eigenvalue weighted by Crippen LogP contribution is -2.16. The maximum atomic E-state index is 11.6. The third-order valence-electron chi connectivity index (χ3n) is 3.34.